The van der Waals surface area contributed by atoms with Gasteiger partial charge in [-0.1, -0.05) is 11.6 Å². The van der Waals surface area contributed by atoms with Crippen molar-refractivity contribution in [2.24, 2.45) is 0 Å². The van der Waals surface area contributed by atoms with Crippen LogP contribution in [0.5, 0.6) is 0 Å². The molecule has 0 radical (unpaired) electrons. The summed E-state index contributed by atoms with van der Waals surface area (Å²) in [7, 11) is 0. The van der Waals surface area contributed by atoms with Crippen LogP contribution in [0, 0.1) is 5.82 Å². The zero-order chi connectivity index (χ0) is 10.4. The molecule has 1 N–H and O–H groups in total. The smallest absolute Gasteiger partial charge is 0.127 e. The molecule has 78 valence electrons. The first-order chi connectivity index (χ1) is 6.74. The van der Waals surface area contributed by atoms with E-state index in [0.29, 0.717) is 23.0 Å². The van der Waals surface area contributed by atoms with Gasteiger partial charge in [-0.3, -0.25) is 0 Å². The number of hydrogen-bond acceptors (Lipinski definition) is 1. The van der Waals surface area contributed by atoms with E-state index in [1.165, 1.54) is 6.07 Å². The van der Waals surface area contributed by atoms with E-state index in [0.717, 1.165) is 13.0 Å². The summed E-state index contributed by atoms with van der Waals surface area (Å²) in [5.74, 6) is 0.387. The highest BCUT2D eigenvalue weighted by molar-refractivity contribution is 6.30. The van der Waals surface area contributed by atoms with Gasteiger partial charge in [0.2, 0.25) is 0 Å². The van der Waals surface area contributed by atoms with Crippen LogP contribution in [0.2, 0.25) is 5.02 Å². The van der Waals surface area contributed by atoms with Gasteiger partial charge in [-0.2, -0.15) is 0 Å². The SMILES string of the molecule is Fc1ccc(Cl)cc1CNCCCCl. The Balaban J connectivity index is 2.45. The normalized spacial score (nSPS) is 10.5. The van der Waals surface area contributed by atoms with E-state index in [1.54, 1.807) is 12.1 Å². The van der Waals surface area contributed by atoms with Crippen molar-refractivity contribution in [3.05, 3.63) is 34.6 Å². The standard InChI is InChI=1S/C10H12Cl2FN/c11-4-1-5-14-7-8-6-9(12)2-3-10(8)13/h2-3,6,14H,1,4-5,7H2. The molecule has 0 bridgehead atoms. The van der Waals surface area contributed by atoms with E-state index in [4.69, 9.17) is 23.2 Å². The Labute approximate surface area is 93.2 Å². The molecule has 0 heterocycles. The lowest BCUT2D eigenvalue weighted by molar-refractivity contribution is 0.587. The molecule has 1 aromatic rings. The minimum atomic E-state index is -0.229. The van der Waals surface area contributed by atoms with Crippen molar-refractivity contribution < 1.29 is 4.39 Å². The first kappa shape index (κ1) is 11.8. The topological polar surface area (TPSA) is 12.0 Å². The van der Waals surface area contributed by atoms with Gasteiger partial charge in [0.1, 0.15) is 5.82 Å². The molecular weight excluding hydrogens is 224 g/mol. The summed E-state index contributed by atoms with van der Waals surface area (Å²) in [6.07, 6.45) is 0.879. The van der Waals surface area contributed by atoms with E-state index in [1.807, 2.05) is 0 Å². The number of halogens is 3. The lowest BCUT2D eigenvalue weighted by atomic mass is 10.2. The van der Waals surface area contributed by atoms with Crippen LogP contribution in [0.3, 0.4) is 0 Å². The maximum absolute atomic E-state index is 13.2. The Morgan fingerprint density at radius 3 is 2.86 bits per heavy atom. The second-order valence-electron chi connectivity index (χ2n) is 2.96. The van der Waals surface area contributed by atoms with Crippen LogP contribution in [0.25, 0.3) is 0 Å². The van der Waals surface area contributed by atoms with E-state index >= 15 is 0 Å². The third-order valence-corrected chi connectivity index (χ3v) is 2.31. The molecule has 14 heavy (non-hydrogen) atoms. The van der Waals surface area contributed by atoms with Crippen molar-refractivity contribution in [2.75, 3.05) is 12.4 Å². The molecule has 0 atom stereocenters. The Morgan fingerprint density at radius 1 is 1.36 bits per heavy atom. The zero-order valence-electron chi connectivity index (χ0n) is 7.69. The third-order valence-electron chi connectivity index (χ3n) is 1.81. The van der Waals surface area contributed by atoms with Crippen molar-refractivity contribution in [3.63, 3.8) is 0 Å². The quantitative estimate of drug-likeness (QED) is 0.611. The Bertz CT molecular complexity index is 291. The van der Waals surface area contributed by atoms with Crippen LogP contribution >= 0.6 is 23.2 Å². The van der Waals surface area contributed by atoms with Gasteiger partial charge in [0.05, 0.1) is 0 Å². The van der Waals surface area contributed by atoms with Gasteiger partial charge in [0, 0.05) is 23.0 Å². The van der Waals surface area contributed by atoms with E-state index in [-0.39, 0.29) is 5.82 Å². The highest BCUT2D eigenvalue weighted by Crippen LogP contribution is 2.14. The molecule has 4 heteroatoms. The van der Waals surface area contributed by atoms with Crippen LogP contribution in [0.1, 0.15) is 12.0 Å². The maximum atomic E-state index is 13.2. The lowest BCUT2D eigenvalue weighted by Crippen LogP contribution is -2.15. The second kappa shape index (κ2) is 6.23. The molecule has 0 aromatic heterocycles. The minimum Gasteiger partial charge on any atom is -0.313 e. The average molecular weight is 236 g/mol. The van der Waals surface area contributed by atoms with Gasteiger partial charge in [-0.25, -0.2) is 4.39 Å². The van der Waals surface area contributed by atoms with Crippen LogP contribution in [0.15, 0.2) is 18.2 Å². The van der Waals surface area contributed by atoms with Gasteiger partial charge in [-0.05, 0) is 31.2 Å². The summed E-state index contributed by atoms with van der Waals surface area (Å²) < 4.78 is 13.2. The fourth-order valence-electron chi connectivity index (χ4n) is 1.09. The van der Waals surface area contributed by atoms with Crippen molar-refractivity contribution in [1.29, 1.82) is 0 Å². The average Bonchev–Trinajstić information content (AvgIpc) is 2.18. The fourth-order valence-corrected chi connectivity index (χ4v) is 1.42. The van der Waals surface area contributed by atoms with E-state index in [2.05, 4.69) is 5.32 Å². The maximum Gasteiger partial charge on any atom is 0.127 e. The van der Waals surface area contributed by atoms with Gasteiger partial charge in [0.25, 0.3) is 0 Å². The van der Waals surface area contributed by atoms with Crippen LogP contribution in [-0.2, 0) is 6.54 Å². The molecule has 0 spiro atoms. The molecule has 0 saturated heterocycles. The molecule has 0 aliphatic heterocycles. The summed E-state index contributed by atoms with van der Waals surface area (Å²) in [5, 5.41) is 3.64. The first-order valence-electron chi connectivity index (χ1n) is 4.44. The van der Waals surface area contributed by atoms with Crippen LogP contribution in [-0.4, -0.2) is 12.4 Å². The molecular formula is C10H12Cl2FN. The van der Waals surface area contributed by atoms with Gasteiger partial charge in [0.15, 0.2) is 0 Å². The number of benzene rings is 1. The second-order valence-corrected chi connectivity index (χ2v) is 3.77. The molecule has 0 saturated carbocycles. The zero-order valence-corrected chi connectivity index (χ0v) is 9.21. The van der Waals surface area contributed by atoms with Crippen molar-refractivity contribution >= 4 is 23.2 Å². The Morgan fingerprint density at radius 2 is 2.14 bits per heavy atom. The highest BCUT2D eigenvalue weighted by Gasteiger charge is 2.01. The number of hydrogen-bond donors (Lipinski definition) is 1. The van der Waals surface area contributed by atoms with Crippen LogP contribution in [0.4, 0.5) is 4.39 Å². The lowest BCUT2D eigenvalue weighted by Gasteiger charge is -2.05. The van der Waals surface area contributed by atoms with Gasteiger partial charge >= 0.3 is 0 Å². The Kier molecular flexibility index (Phi) is 5.23. The molecule has 0 aliphatic rings. The fraction of sp³-hybridized carbons (Fsp3) is 0.400. The molecule has 0 amide bonds. The summed E-state index contributed by atoms with van der Waals surface area (Å²) >= 11 is 11.2. The molecule has 1 aromatic carbocycles. The van der Waals surface area contributed by atoms with Crippen molar-refractivity contribution in [1.82, 2.24) is 5.32 Å². The van der Waals surface area contributed by atoms with Crippen molar-refractivity contribution in [2.45, 2.75) is 13.0 Å². The van der Waals surface area contributed by atoms with E-state index in [9.17, 15) is 4.39 Å². The van der Waals surface area contributed by atoms with Gasteiger partial charge in [-0.15, -0.1) is 11.6 Å². The largest absolute Gasteiger partial charge is 0.313 e. The number of alkyl halides is 1. The minimum absolute atomic E-state index is 0.229. The summed E-state index contributed by atoms with van der Waals surface area (Å²) in [5.41, 5.74) is 0.590. The number of nitrogens with one attached hydrogen (secondary N) is 1. The predicted octanol–water partition coefficient (Wildman–Crippen LogP) is 3.20. The third kappa shape index (κ3) is 3.82. The van der Waals surface area contributed by atoms with Crippen molar-refractivity contribution in [3.8, 4) is 0 Å². The summed E-state index contributed by atoms with van der Waals surface area (Å²) in [6.45, 7) is 1.28. The summed E-state index contributed by atoms with van der Waals surface area (Å²) in [6, 6.07) is 4.55. The monoisotopic (exact) mass is 235 g/mol. The molecule has 1 nitrogen and oxygen atoms in total. The molecule has 1 rings (SSSR count). The number of rotatable bonds is 5. The predicted molar refractivity (Wildman–Crippen MR) is 58.5 cm³/mol. The first-order valence-corrected chi connectivity index (χ1v) is 5.36. The van der Waals surface area contributed by atoms with E-state index < -0.39 is 0 Å². The van der Waals surface area contributed by atoms with Crippen LogP contribution < -0.4 is 5.32 Å². The molecule has 0 unspecified atom stereocenters. The highest BCUT2D eigenvalue weighted by atomic mass is 35.5. The molecule has 0 fully saturated rings. The Hall–Kier alpha value is -0.310. The van der Waals surface area contributed by atoms with Gasteiger partial charge < -0.3 is 5.32 Å². The summed E-state index contributed by atoms with van der Waals surface area (Å²) in [4.78, 5) is 0. The molecule has 0 aliphatic carbocycles.